The van der Waals surface area contributed by atoms with Crippen LogP contribution < -0.4 is 5.32 Å². The summed E-state index contributed by atoms with van der Waals surface area (Å²) in [5.74, 6) is -1.52. The van der Waals surface area contributed by atoms with E-state index in [1.807, 2.05) is 0 Å². The van der Waals surface area contributed by atoms with Crippen LogP contribution in [0.5, 0.6) is 23.0 Å². The fourth-order valence-electron chi connectivity index (χ4n) is 2.40. The molecule has 0 unspecified atom stereocenters. The lowest BCUT2D eigenvalue weighted by molar-refractivity contribution is -0.145. The normalized spacial score (nSPS) is 11.9. The molecule has 0 fully saturated rings. The average Bonchev–Trinajstić information content (AvgIpc) is 2.65. The second-order valence-electron chi connectivity index (χ2n) is 5.92. The van der Waals surface area contributed by atoms with Gasteiger partial charge >= 0.3 is 5.97 Å². The van der Waals surface area contributed by atoms with Crippen LogP contribution >= 0.6 is 12.2 Å². The van der Waals surface area contributed by atoms with Crippen molar-refractivity contribution in [3.63, 3.8) is 0 Å². The van der Waals surface area contributed by atoms with Gasteiger partial charge in [-0.15, -0.1) is 0 Å². The molecule has 2 aromatic rings. The first-order valence-electron chi connectivity index (χ1n) is 8.48. The highest BCUT2D eigenvalue weighted by Crippen LogP contribution is 2.26. The Morgan fingerprint density at radius 3 is 2.32 bits per heavy atom. The molecule has 0 aliphatic heterocycles. The summed E-state index contributed by atoms with van der Waals surface area (Å²) in [5, 5.41) is 40.8. The van der Waals surface area contributed by atoms with Crippen LogP contribution in [0.15, 0.2) is 42.5 Å². The standard InChI is InChI=1S/C20H21NO6S/c1-2-27-20(26)14(9-13-4-7-16(23)18(25)11-13)21-19(28)8-5-12-3-6-15(22)17(24)10-12/h3-8,10-11,14,22-25H,2,9H2,1H3,(H,21,28)/b8-5+/t14-/m0/s1. The molecule has 148 valence electrons. The van der Waals surface area contributed by atoms with E-state index in [2.05, 4.69) is 5.32 Å². The largest absolute Gasteiger partial charge is 0.504 e. The fraction of sp³-hybridized carbons (Fsp3) is 0.200. The predicted molar refractivity (Wildman–Crippen MR) is 108 cm³/mol. The second-order valence-corrected chi connectivity index (χ2v) is 6.36. The summed E-state index contributed by atoms with van der Waals surface area (Å²) in [6, 6.07) is 7.80. The van der Waals surface area contributed by atoms with E-state index in [0.717, 1.165) is 0 Å². The van der Waals surface area contributed by atoms with E-state index in [0.29, 0.717) is 11.1 Å². The molecule has 0 aliphatic rings. The van der Waals surface area contributed by atoms with Gasteiger partial charge in [-0.2, -0.15) is 0 Å². The number of rotatable bonds is 7. The minimum Gasteiger partial charge on any atom is -0.504 e. The van der Waals surface area contributed by atoms with Crippen LogP contribution in [-0.4, -0.2) is 44.0 Å². The van der Waals surface area contributed by atoms with Gasteiger partial charge in [0.25, 0.3) is 0 Å². The molecule has 0 amide bonds. The van der Waals surface area contributed by atoms with Gasteiger partial charge in [-0.1, -0.05) is 30.4 Å². The molecule has 0 spiro atoms. The number of carbonyl (C=O) groups excluding carboxylic acids is 1. The van der Waals surface area contributed by atoms with Gasteiger partial charge in [-0.25, -0.2) is 4.79 Å². The maximum atomic E-state index is 12.3. The molecule has 7 nitrogen and oxygen atoms in total. The van der Waals surface area contributed by atoms with Gasteiger partial charge in [-0.3, -0.25) is 0 Å². The van der Waals surface area contributed by atoms with Gasteiger partial charge in [0.05, 0.1) is 11.6 Å². The summed E-state index contributed by atoms with van der Waals surface area (Å²) in [6.45, 7) is 1.89. The number of phenolic OH excluding ortho intramolecular Hbond substituents is 4. The van der Waals surface area contributed by atoms with Gasteiger partial charge in [0.15, 0.2) is 23.0 Å². The van der Waals surface area contributed by atoms with Crippen LogP contribution in [-0.2, 0) is 16.0 Å². The van der Waals surface area contributed by atoms with Gasteiger partial charge in [0, 0.05) is 6.42 Å². The van der Waals surface area contributed by atoms with Gasteiger partial charge in [0.2, 0.25) is 0 Å². The zero-order valence-electron chi connectivity index (χ0n) is 15.1. The van der Waals surface area contributed by atoms with E-state index in [-0.39, 0.29) is 41.0 Å². The van der Waals surface area contributed by atoms with E-state index in [4.69, 9.17) is 17.0 Å². The van der Waals surface area contributed by atoms with Crippen molar-refractivity contribution in [2.24, 2.45) is 0 Å². The van der Waals surface area contributed by atoms with Crippen molar-refractivity contribution in [2.75, 3.05) is 6.61 Å². The molecule has 2 rings (SSSR count). The number of carbonyl (C=O) groups is 1. The minimum atomic E-state index is -0.797. The van der Waals surface area contributed by atoms with Crippen LogP contribution in [0.1, 0.15) is 18.1 Å². The minimum absolute atomic E-state index is 0.181. The first-order chi connectivity index (χ1) is 13.3. The third kappa shape index (κ3) is 5.88. The molecule has 0 radical (unpaired) electrons. The predicted octanol–water partition coefficient (Wildman–Crippen LogP) is 2.61. The molecule has 0 heterocycles. The Balaban J connectivity index is 2.11. The van der Waals surface area contributed by atoms with Gasteiger partial charge < -0.3 is 30.5 Å². The summed E-state index contributed by atoms with van der Waals surface area (Å²) in [5.41, 5.74) is 1.21. The van der Waals surface area contributed by atoms with E-state index in [1.165, 1.54) is 24.3 Å². The SMILES string of the molecule is CCOC(=O)[C@H](Cc1ccc(O)c(O)c1)NC(=S)/C=C/c1ccc(O)c(O)c1. The number of phenols is 4. The number of hydrogen-bond donors (Lipinski definition) is 5. The van der Waals surface area contributed by atoms with Gasteiger partial charge in [0.1, 0.15) is 6.04 Å². The maximum Gasteiger partial charge on any atom is 0.328 e. The van der Waals surface area contributed by atoms with Crippen molar-refractivity contribution >= 4 is 29.3 Å². The summed E-state index contributed by atoms with van der Waals surface area (Å²) < 4.78 is 5.06. The highest BCUT2D eigenvalue weighted by Gasteiger charge is 2.21. The smallest absolute Gasteiger partial charge is 0.328 e. The lowest BCUT2D eigenvalue weighted by atomic mass is 10.1. The number of benzene rings is 2. The molecular weight excluding hydrogens is 382 g/mol. The molecule has 2 aromatic carbocycles. The van der Waals surface area contributed by atoms with Crippen LogP contribution in [0.4, 0.5) is 0 Å². The Hall–Kier alpha value is -3.26. The Morgan fingerprint density at radius 1 is 1.07 bits per heavy atom. The quantitative estimate of drug-likeness (QED) is 0.207. The van der Waals surface area contributed by atoms with Crippen LogP contribution in [0, 0.1) is 0 Å². The van der Waals surface area contributed by atoms with Crippen molar-refractivity contribution in [1.82, 2.24) is 5.32 Å². The second kappa shape index (κ2) is 9.61. The van der Waals surface area contributed by atoms with Crippen molar-refractivity contribution < 1.29 is 30.0 Å². The Bertz CT molecular complexity index is 896. The van der Waals surface area contributed by atoms with Crippen LogP contribution in [0.25, 0.3) is 6.08 Å². The molecule has 0 saturated heterocycles. The molecule has 1 atom stereocenters. The van der Waals surface area contributed by atoms with Crippen molar-refractivity contribution in [3.05, 3.63) is 53.6 Å². The Labute approximate surface area is 167 Å². The van der Waals surface area contributed by atoms with E-state index in [9.17, 15) is 25.2 Å². The molecule has 8 heteroatoms. The summed E-state index contributed by atoms with van der Waals surface area (Å²) in [4.78, 5) is 12.5. The Kier molecular flexibility index (Phi) is 7.22. The van der Waals surface area contributed by atoms with E-state index in [1.54, 1.807) is 31.2 Å². The van der Waals surface area contributed by atoms with Crippen molar-refractivity contribution in [1.29, 1.82) is 0 Å². The highest BCUT2D eigenvalue weighted by molar-refractivity contribution is 7.80. The molecular formula is C20H21NO6S. The molecule has 0 aromatic heterocycles. The number of nitrogens with one attached hydrogen (secondary N) is 1. The molecule has 0 saturated carbocycles. The molecule has 0 aliphatic carbocycles. The molecule has 28 heavy (non-hydrogen) atoms. The number of aromatic hydroxyl groups is 4. The number of esters is 1. The number of ether oxygens (including phenoxy) is 1. The van der Waals surface area contributed by atoms with E-state index < -0.39 is 12.0 Å². The van der Waals surface area contributed by atoms with Gasteiger partial charge in [-0.05, 0) is 48.4 Å². The highest BCUT2D eigenvalue weighted by atomic mass is 32.1. The third-order valence-corrected chi connectivity index (χ3v) is 4.05. The number of thiocarbonyl (C=S) groups is 1. The number of hydrogen-bond acceptors (Lipinski definition) is 7. The summed E-state index contributed by atoms with van der Waals surface area (Å²) in [7, 11) is 0. The zero-order valence-corrected chi connectivity index (χ0v) is 15.9. The maximum absolute atomic E-state index is 12.3. The fourth-order valence-corrected chi connectivity index (χ4v) is 2.61. The molecule has 5 N–H and O–H groups in total. The van der Waals surface area contributed by atoms with Crippen molar-refractivity contribution in [3.8, 4) is 23.0 Å². The van der Waals surface area contributed by atoms with Crippen molar-refractivity contribution in [2.45, 2.75) is 19.4 Å². The molecule has 0 bridgehead atoms. The topological polar surface area (TPSA) is 119 Å². The van der Waals surface area contributed by atoms with Crippen LogP contribution in [0.3, 0.4) is 0 Å². The average molecular weight is 403 g/mol. The Morgan fingerprint density at radius 2 is 1.71 bits per heavy atom. The summed E-state index contributed by atoms with van der Waals surface area (Å²) in [6.07, 6.45) is 3.34. The lowest BCUT2D eigenvalue weighted by Crippen LogP contribution is -2.42. The third-order valence-electron chi connectivity index (χ3n) is 3.79. The van der Waals surface area contributed by atoms with E-state index >= 15 is 0 Å². The first kappa shape index (κ1) is 21.0. The van der Waals surface area contributed by atoms with Crippen LogP contribution in [0.2, 0.25) is 0 Å². The first-order valence-corrected chi connectivity index (χ1v) is 8.89. The lowest BCUT2D eigenvalue weighted by Gasteiger charge is -2.18. The zero-order chi connectivity index (χ0) is 20.7. The summed E-state index contributed by atoms with van der Waals surface area (Å²) >= 11 is 5.25. The monoisotopic (exact) mass is 403 g/mol.